The minimum atomic E-state index is 0.633. The van der Waals surface area contributed by atoms with Crippen LogP contribution in [0.4, 0.5) is 0 Å². The Balaban J connectivity index is 1.98. The fourth-order valence-electron chi connectivity index (χ4n) is 3.30. The van der Waals surface area contributed by atoms with Crippen molar-refractivity contribution in [3.05, 3.63) is 90.0 Å². The zero-order chi connectivity index (χ0) is 17.9. The van der Waals surface area contributed by atoms with Crippen LogP contribution in [0, 0.1) is 11.3 Å². The van der Waals surface area contributed by atoms with Gasteiger partial charge >= 0.3 is 0 Å². The Kier molecular flexibility index (Phi) is 4.13. The van der Waals surface area contributed by atoms with Crippen LogP contribution in [0.1, 0.15) is 11.1 Å². The maximum atomic E-state index is 9.76. The van der Waals surface area contributed by atoms with Gasteiger partial charge in [0.05, 0.1) is 18.8 Å². The molecule has 26 heavy (non-hydrogen) atoms. The summed E-state index contributed by atoms with van der Waals surface area (Å²) in [4.78, 5) is 0. The minimum Gasteiger partial charge on any atom is -0.497 e. The van der Waals surface area contributed by atoms with Crippen molar-refractivity contribution < 1.29 is 4.74 Å². The van der Waals surface area contributed by atoms with E-state index < -0.39 is 0 Å². The summed E-state index contributed by atoms with van der Waals surface area (Å²) in [6, 6.07) is 28.7. The normalized spacial score (nSPS) is 11.5. The molecular weight excluding hydrogens is 318 g/mol. The molecule has 0 radical (unpaired) electrons. The molecule has 0 unspecified atom stereocenters. The molecule has 4 aromatic carbocycles. The number of nitrogens with zero attached hydrogens (tertiary/aromatic N) is 1. The van der Waals surface area contributed by atoms with Gasteiger partial charge in [0, 0.05) is 0 Å². The lowest BCUT2D eigenvalue weighted by Gasteiger charge is -2.09. The van der Waals surface area contributed by atoms with Crippen LogP contribution in [-0.4, -0.2) is 7.11 Å². The standard InChI is InChI=1S/C24H17NO/c1-26-21-12-10-17(11-13-21)20(16-25)15-24-22-8-4-2-6-18(22)14-19-7-3-5-9-23(19)24/h2-15H,1H3/b20-15+. The molecule has 4 aromatic rings. The molecule has 0 heterocycles. The molecule has 2 nitrogen and oxygen atoms in total. The number of allylic oxidation sites excluding steroid dienone is 1. The molecule has 0 N–H and O–H groups in total. The van der Waals surface area contributed by atoms with Crippen molar-refractivity contribution in [2.75, 3.05) is 7.11 Å². The van der Waals surface area contributed by atoms with E-state index in [4.69, 9.17) is 4.74 Å². The predicted octanol–water partition coefficient (Wildman–Crippen LogP) is 6.07. The van der Waals surface area contributed by atoms with E-state index in [1.54, 1.807) is 7.11 Å². The third-order valence-electron chi connectivity index (χ3n) is 4.62. The molecule has 0 aromatic heterocycles. The molecule has 0 atom stereocenters. The third kappa shape index (κ3) is 2.81. The van der Waals surface area contributed by atoms with Gasteiger partial charge in [-0.05, 0) is 69.1 Å². The van der Waals surface area contributed by atoms with Gasteiger partial charge in [-0.25, -0.2) is 0 Å². The zero-order valence-electron chi connectivity index (χ0n) is 14.4. The average Bonchev–Trinajstić information content (AvgIpc) is 2.71. The molecule has 0 aliphatic rings. The van der Waals surface area contributed by atoms with Crippen molar-refractivity contribution in [2.45, 2.75) is 0 Å². The number of hydrogen-bond donors (Lipinski definition) is 0. The van der Waals surface area contributed by atoms with E-state index in [2.05, 4.69) is 36.4 Å². The maximum absolute atomic E-state index is 9.76. The smallest absolute Gasteiger partial charge is 0.118 e. The highest BCUT2D eigenvalue weighted by Gasteiger charge is 2.08. The highest BCUT2D eigenvalue weighted by atomic mass is 16.5. The van der Waals surface area contributed by atoms with Gasteiger partial charge in [0.25, 0.3) is 0 Å². The molecule has 0 aliphatic carbocycles. The Morgan fingerprint density at radius 1 is 0.846 bits per heavy atom. The first-order valence-electron chi connectivity index (χ1n) is 8.47. The van der Waals surface area contributed by atoms with E-state index >= 15 is 0 Å². The fourth-order valence-corrected chi connectivity index (χ4v) is 3.30. The lowest BCUT2D eigenvalue weighted by atomic mass is 9.94. The van der Waals surface area contributed by atoms with Gasteiger partial charge in [-0.1, -0.05) is 48.5 Å². The summed E-state index contributed by atoms with van der Waals surface area (Å²) in [5.74, 6) is 0.779. The first-order valence-corrected chi connectivity index (χ1v) is 8.47. The van der Waals surface area contributed by atoms with E-state index in [-0.39, 0.29) is 0 Å². The highest BCUT2D eigenvalue weighted by Crippen LogP contribution is 2.32. The molecule has 0 amide bonds. The van der Waals surface area contributed by atoms with E-state index in [1.807, 2.05) is 54.6 Å². The lowest BCUT2D eigenvalue weighted by molar-refractivity contribution is 0.415. The summed E-state index contributed by atoms with van der Waals surface area (Å²) in [6.07, 6.45) is 1.99. The summed E-state index contributed by atoms with van der Waals surface area (Å²) in [7, 11) is 1.64. The average molecular weight is 335 g/mol. The van der Waals surface area contributed by atoms with Gasteiger partial charge in [-0.15, -0.1) is 0 Å². The molecule has 0 bridgehead atoms. The molecule has 4 rings (SSSR count). The first-order chi connectivity index (χ1) is 12.8. The number of rotatable bonds is 3. The van der Waals surface area contributed by atoms with Crippen molar-refractivity contribution in [3.63, 3.8) is 0 Å². The number of nitriles is 1. The number of fused-ring (bicyclic) bond motifs is 2. The molecular formula is C24H17NO. The second-order valence-corrected chi connectivity index (χ2v) is 6.13. The predicted molar refractivity (Wildman–Crippen MR) is 108 cm³/mol. The second-order valence-electron chi connectivity index (χ2n) is 6.13. The number of hydrogen-bond acceptors (Lipinski definition) is 2. The largest absolute Gasteiger partial charge is 0.497 e. The van der Waals surface area contributed by atoms with Gasteiger partial charge in [-0.3, -0.25) is 0 Å². The number of ether oxygens (including phenoxy) is 1. The van der Waals surface area contributed by atoms with Crippen molar-refractivity contribution >= 4 is 33.2 Å². The van der Waals surface area contributed by atoms with E-state index in [9.17, 15) is 5.26 Å². The Bertz CT molecular complexity index is 1110. The zero-order valence-corrected chi connectivity index (χ0v) is 14.4. The topological polar surface area (TPSA) is 33.0 Å². The van der Waals surface area contributed by atoms with Crippen LogP contribution in [0.25, 0.3) is 33.2 Å². The van der Waals surface area contributed by atoms with E-state index in [0.29, 0.717) is 5.57 Å². The molecule has 0 fully saturated rings. The van der Waals surface area contributed by atoms with Crippen LogP contribution in [0.2, 0.25) is 0 Å². The Labute approximate surface area is 152 Å². The van der Waals surface area contributed by atoms with Crippen LogP contribution in [0.15, 0.2) is 78.9 Å². The van der Waals surface area contributed by atoms with Gasteiger partial charge in [0.1, 0.15) is 5.75 Å². The molecule has 124 valence electrons. The minimum absolute atomic E-state index is 0.633. The van der Waals surface area contributed by atoms with Crippen LogP contribution in [-0.2, 0) is 0 Å². The second kappa shape index (κ2) is 6.74. The summed E-state index contributed by atoms with van der Waals surface area (Å²) in [5, 5.41) is 14.4. The molecule has 0 saturated heterocycles. The van der Waals surface area contributed by atoms with Crippen LogP contribution >= 0.6 is 0 Å². The van der Waals surface area contributed by atoms with Crippen molar-refractivity contribution in [1.29, 1.82) is 5.26 Å². The van der Waals surface area contributed by atoms with Crippen LogP contribution in [0.5, 0.6) is 5.75 Å². The molecule has 0 aliphatic heterocycles. The van der Waals surface area contributed by atoms with Gasteiger partial charge in [0.15, 0.2) is 0 Å². The number of benzene rings is 4. The Morgan fingerprint density at radius 3 is 1.96 bits per heavy atom. The summed E-state index contributed by atoms with van der Waals surface area (Å²) in [6.45, 7) is 0. The SMILES string of the molecule is COc1ccc(/C(C#N)=C/c2c3ccccc3cc3ccccc23)cc1. The Hall–Kier alpha value is -3.57. The van der Waals surface area contributed by atoms with Gasteiger partial charge in [0.2, 0.25) is 0 Å². The van der Waals surface area contributed by atoms with Gasteiger partial charge in [-0.2, -0.15) is 5.26 Å². The van der Waals surface area contributed by atoms with E-state index in [1.165, 1.54) is 10.8 Å². The quantitative estimate of drug-likeness (QED) is 0.259. The van der Waals surface area contributed by atoms with Crippen LogP contribution < -0.4 is 4.74 Å². The molecule has 0 spiro atoms. The van der Waals surface area contributed by atoms with Crippen molar-refractivity contribution in [3.8, 4) is 11.8 Å². The summed E-state index contributed by atoms with van der Waals surface area (Å²) < 4.78 is 5.21. The van der Waals surface area contributed by atoms with E-state index in [0.717, 1.165) is 27.6 Å². The summed E-state index contributed by atoms with van der Waals surface area (Å²) >= 11 is 0. The van der Waals surface area contributed by atoms with Gasteiger partial charge < -0.3 is 4.74 Å². The highest BCUT2D eigenvalue weighted by molar-refractivity contribution is 6.10. The summed E-state index contributed by atoms with van der Waals surface area (Å²) in [5.41, 5.74) is 2.59. The van der Waals surface area contributed by atoms with Crippen LogP contribution in [0.3, 0.4) is 0 Å². The van der Waals surface area contributed by atoms with Crippen molar-refractivity contribution in [2.24, 2.45) is 0 Å². The lowest BCUT2D eigenvalue weighted by Crippen LogP contribution is -1.87. The monoisotopic (exact) mass is 335 g/mol. The first kappa shape index (κ1) is 15.9. The maximum Gasteiger partial charge on any atom is 0.118 e. The van der Waals surface area contributed by atoms with Crippen molar-refractivity contribution in [1.82, 2.24) is 0 Å². The third-order valence-corrected chi connectivity index (χ3v) is 4.62. The number of methoxy groups -OCH3 is 1. The fraction of sp³-hybridized carbons (Fsp3) is 0.0417. The Morgan fingerprint density at radius 2 is 1.42 bits per heavy atom. The molecule has 2 heteroatoms. The molecule has 0 saturated carbocycles.